The summed E-state index contributed by atoms with van der Waals surface area (Å²) in [5, 5.41) is 7.80. The minimum absolute atomic E-state index is 0.00813. The second kappa shape index (κ2) is 17.1. The van der Waals surface area contributed by atoms with Crippen LogP contribution in [-0.2, 0) is 16.0 Å². The molecule has 0 bridgehead atoms. The minimum Gasteiger partial charge on any atom is -0.326 e. The summed E-state index contributed by atoms with van der Waals surface area (Å²) in [6, 6.07) is 21.1. The van der Waals surface area contributed by atoms with Crippen molar-refractivity contribution in [3.63, 3.8) is 0 Å². The van der Waals surface area contributed by atoms with E-state index in [1.807, 2.05) is 27.7 Å². The van der Waals surface area contributed by atoms with E-state index >= 15 is 0 Å². The first-order valence-electron chi connectivity index (χ1n) is 17.1. The molecule has 0 saturated carbocycles. The van der Waals surface area contributed by atoms with Crippen LogP contribution in [0.5, 0.6) is 0 Å². The van der Waals surface area contributed by atoms with Crippen molar-refractivity contribution in [3.05, 3.63) is 137 Å². The third kappa shape index (κ3) is 8.59. The molecule has 0 spiro atoms. The van der Waals surface area contributed by atoms with Gasteiger partial charge in [0.15, 0.2) is 0 Å². The largest absolute Gasteiger partial charge is 0.326 e. The average molecular weight is 878 g/mol. The van der Waals surface area contributed by atoms with Crippen molar-refractivity contribution in [3.8, 4) is 11.4 Å². The van der Waals surface area contributed by atoms with E-state index in [-0.39, 0.29) is 34.8 Å². The van der Waals surface area contributed by atoms with Crippen LogP contribution in [0.15, 0.2) is 95.0 Å². The lowest BCUT2D eigenvalue weighted by Crippen LogP contribution is -2.25. The Morgan fingerprint density at radius 3 is 1.54 bits per heavy atom. The number of carbonyl (C=O) groups is 2. The van der Waals surface area contributed by atoms with Crippen molar-refractivity contribution in [1.82, 2.24) is 19.1 Å². The molecule has 54 heavy (non-hydrogen) atoms. The summed E-state index contributed by atoms with van der Waals surface area (Å²) in [6.45, 7) is 14.7. The van der Waals surface area contributed by atoms with E-state index in [9.17, 15) is 19.2 Å². The van der Waals surface area contributed by atoms with Gasteiger partial charge in [-0.25, -0.2) is 9.97 Å². The lowest BCUT2D eigenvalue weighted by molar-refractivity contribution is -0.115. The Morgan fingerprint density at radius 2 is 1.11 bits per heavy atom. The Labute approximate surface area is 336 Å². The van der Waals surface area contributed by atoms with Gasteiger partial charge in [-0.05, 0) is 102 Å². The molecule has 0 saturated heterocycles. The number of aromatic nitrogens is 4. The molecule has 278 valence electrons. The Morgan fingerprint density at radius 1 is 0.704 bits per heavy atom. The van der Waals surface area contributed by atoms with Gasteiger partial charge >= 0.3 is 0 Å². The molecular weight excluding hydrogens is 838 g/mol. The van der Waals surface area contributed by atoms with Crippen LogP contribution >= 0.6 is 45.8 Å². The molecule has 4 aromatic carbocycles. The molecule has 0 aliphatic rings. The van der Waals surface area contributed by atoms with E-state index in [4.69, 9.17) is 33.2 Å². The summed E-state index contributed by atoms with van der Waals surface area (Å²) in [5.74, 6) is 0.994. The number of amides is 2. The van der Waals surface area contributed by atoms with Crippen LogP contribution in [0.4, 0.5) is 11.4 Å². The zero-order valence-corrected chi connectivity index (χ0v) is 34.3. The Kier molecular flexibility index (Phi) is 12.8. The number of fused-ring (bicyclic) bond motifs is 2. The van der Waals surface area contributed by atoms with Crippen LogP contribution in [0.25, 0.3) is 33.2 Å². The van der Waals surface area contributed by atoms with Gasteiger partial charge in [0, 0.05) is 47.0 Å². The van der Waals surface area contributed by atoms with E-state index in [1.165, 1.54) is 13.8 Å². The molecular formula is C41H39Cl2IN6O4. The monoisotopic (exact) mass is 876 g/mol. The van der Waals surface area contributed by atoms with E-state index in [2.05, 4.69) is 39.8 Å². The zero-order valence-electron chi connectivity index (χ0n) is 30.6. The lowest BCUT2D eigenvalue weighted by atomic mass is 10.0. The van der Waals surface area contributed by atoms with Crippen molar-refractivity contribution in [1.29, 1.82) is 0 Å². The number of nitrogens with zero attached hydrogens (tertiary/aromatic N) is 4. The van der Waals surface area contributed by atoms with E-state index < -0.39 is 0 Å². The summed E-state index contributed by atoms with van der Waals surface area (Å²) in [5.41, 5.74) is 4.39. The molecule has 2 amide bonds. The first kappa shape index (κ1) is 40.3. The van der Waals surface area contributed by atoms with Crippen LogP contribution in [0.1, 0.15) is 70.6 Å². The Balaban J connectivity index is 0.000000208. The molecule has 0 unspecified atom stereocenters. The maximum atomic E-state index is 13.4. The van der Waals surface area contributed by atoms with Gasteiger partial charge in [0.05, 0.1) is 42.4 Å². The topological polar surface area (TPSA) is 128 Å². The zero-order chi connectivity index (χ0) is 39.4. The number of carbonyl (C=O) groups excluding carboxylic acids is 2. The number of hydrogen-bond donors (Lipinski definition) is 2. The SMILES string of the molecule is C=CCc1c(NC(C)=O)ccc2c(=O)n(-c3ccc(Cl)cc3)c(C(C)C)nc12.CC(=O)Nc1ccc2c(=O)n(-c3ccc(Cl)cc3)c(C(C)C)nc2c1I. The van der Waals surface area contributed by atoms with Crippen LogP contribution in [0.2, 0.25) is 10.0 Å². The molecule has 2 heterocycles. The normalized spacial score (nSPS) is 11.1. The number of allylic oxidation sites excluding steroid dienone is 1. The second-order valence-electron chi connectivity index (χ2n) is 13.1. The number of benzene rings is 4. The van der Waals surface area contributed by atoms with Gasteiger partial charge in [0.2, 0.25) is 11.8 Å². The predicted molar refractivity (Wildman–Crippen MR) is 228 cm³/mol. The van der Waals surface area contributed by atoms with Gasteiger partial charge in [0.1, 0.15) is 11.6 Å². The fraction of sp³-hybridized carbons (Fsp3) is 0.220. The fourth-order valence-corrected chi connectivity index (χ4v) is 6.94. The number of nitrogens with one attached hydrogen (secondary N) is 2. The highest BCUT2D eigenvalue weighted by atomic mass is 127. The standard InChI is InChI=1S/C22H22ClN3O2.C19H17ClIN3O2/c1-5-6-17-19(24-14(4)27)12-11-18-20(17)25-21(13(2)3)26(22(18)28)16-9-7-15(23)8-10-16;1-10(2)18-23-17-14(8-9-15(16(17)21)22-11(3)25)19(26)24(18)13-6-4-12(20)5-7-13/h5,7-13H,1,6H2,2-4H3,(H,24,27);4-10H,1-3H3,(H,22,25). The molecule has 2 N–H and O–H groups in total. The highest BCUT2D eigenvalue weighted by Gasteiger charge is 2.20. The van der Waals surface area contributed by atoms with Crippen molar-refractivity contribution in [2.24, 2.45) is 0 Å². The molecule has 0 aliphatic heterocycles. The summed E-state index contributed by atoms with van der Waals surface area (Å²) in [6.07, 6.45) is 2.23. The van der Waals surface area contributed by atoms with Gasteiger partial charge < -0.3 is 10.6 Å². The Bertz CT molecular complexity index is 2530. The minimum atomic E-state index is -0.178. The first-order chi connectivity index (χ1) is 25.6. The molecule has 13 heteroatoms. The quantitative estimate of drug-likeness (QED) is 0.116. The molecule has 0 aliphatic carbocycles. The highest BCUT2D eigenvalue weighted by molar-refractivity contribution is 14.1. The van der Waals surface area contributed by atoms with Crippen molar-refractivity contribution < 1.29 is 9.59 Å². The Hall–Kier alpha value is -4.85. The first-order valence-corrected chi connectivity index (χ1v) is 19.0. The van der Waals surface area contributed by atoms with E-state index in [1.54, 1.807) is 88.0 Å². The van der Waals surface area contributed by atoms with Gasteiger partial charge in [-0.3, -0.25) is 28.3 Å². The number of anilines is 2. The highest BCUT2D eigenvalue weighted by Crippen LogP contribution is 2.29. The second-order valence-corrected chi connectivity index (χ2v) is 15.1. The van der Waals surface area contributed by atoms with Gasteiger partial charge in [-0.1, -0.05) is 57.0 Å². The third-order valence-electron chi connectivity index (χ3n) is 8.35. The molecule has 0 fully saturated rings. The summed E-state index contributed by atoms with van der Waals surface area (Å²) >= 11 is 14.1. The van der Waals surface area contributed by atoms with Gasteiger partial charge in [0.25, 0.3) is 11.1 Å². The average Bonchev–Trinajstić information content (AvgIpc) is 3.11. The van der Waals surface area contributed by atoms with Crippen LogP contribution in [0.3, 0.4) is 0 Å². The summed E-state index contributed by atoms with van der Waals surface area (Å²) in [4.78, 5) is 59.2. The van der Waals surface area contributed by atoms with Crippen molar-refractivity contribution >= 4 is 90.8 Å². The van der Waals surface area contributed by atoms with Crippen molar-refractivity contribution in [2.45, 2.75) is 59.8 Å². The van der Waals surface area contributed by atoms with Crippen LogP contribution in [-0.4, -0.2) is 30.9 Å². The van der Waals surface area contributed by atoms with Crippen molar-refractivity contribution in [2.75, 3.05) is 10.6 Å². The fourth-order valence-electron chi connectivity index (χ4n) is 5.96. The van der Waals surface area contributed by atoms with Crippen LogP contribution in [0, 0.1) is 3.57 Å². The summed E-state index contributed by atoms with van der Waals surface area (Å²) < 4.78 is 3.99. The maximum Gasteiger partial charge on any atom is 0.266 e. The summed E-state index contributed by atoms with van der Waals surface area (Å²) in [7, 11) is 0. The molecule has 2 aromatic heterocycles. The van der Waals surface area contributed by atoms with Gasteiger partial charge in [-0.2, -0.15) is 0 Å². The molecule has 10 nitrogen and oxygen atoms in total. The van der Waals surface area contributed by atoms with E-state index in [0.717, 1.165) is 14.8 Å². The number of halogens is 3. The predicted octanol–water partition coefficient (Wildman–Crippen LogP) is 9.57. The molecule has 6 rings (SSSR count). The van der Waals surface area contributed by atoms with Crippen LogP contribution < -0.4 is 21.8 Å². The smallest absolute Gasteiger partial charge is 0.266 e. The molecule has 0 atom stereocenters. The molecule has 6 aromatic rings. The van der Waals surface area contributed by atoms with Gasteiger partial charge in [-0.15, -0.1) is 6.58 Å². The third-order valence-corrected chi connectivity index (χ3v) is 9.95. The van der Waals surface area contributed by atoms with E-state index in [0.29, 0.717) is 67.0 Å². The number of rotatable bonds is 8. The molecule has 0 radical (unpaired) electrons. The lowest BCUT2D eigenvalue weighted by Gasteiger charge is -2.18. The number of hydrogen-bond acceptors (Lipinski definition) is 6. The maximum absolute atomic E-state index is 13.4.